The number of hydrogen-bond acceptors (Lipinski definition) is 3. The molecule has 0 saturated heterocycles. The van der Waals surface area contributed by atoms with Crippen LogP contribution < -0.4 is 22.2 Å². The van der Waals surface area contributed by atoms with Gasteiger partial charge in [0.1, 0.15) is 0 Å². The first-order valence-corrected chi connectivity index (χ1v) is 5.47. The third-order valence-corrected chi connectivity index (χ3v) is 2.28. The van der Waals surface area contributed by atoms with E-state index in [1.54, 1.807) is 0 Å². The Hall–Kier alpha value is -1.63. The number of nitrogens with two attached hydrogens (primary N) is 2. The van der Waals surface area contributed by atoms with Gasteiger partial charge >= 0.3 is 11.9 Å². The molecule has 0 amide bonds. The number of Topliss-reactive ketones (excluding diaryl/α,β-unsaturated/α-hetero) is 1. The molecule has 0 radical (unpaired) electrons. The predicted molar refractivity (Wildman–Crippen MR) is 61.4 cm³/mol. The topological polar surface area (TPSA) is 137 Å². The Morgan fingerprint density at radius 2 is 1.94 bits per heavy atom. The number of esters is 1. The van der Waals surface area contributed by atoms with Crippen LogP contribution in [0.2, 0.25) is 0 Å². The molecule has 98 valence electrons. The van der Waals surface area contributed by atoms with E-state index in [-0.39, 0.29) is 11.7 Å². The number of hydrogen-bond donors (Lipinski definition) is 4. The van der Waals surface area contributed by atoms with Crippen molar-refractivity contribution in [1.29, 1.82) is 0 Å². The van der Waals surface area contributed by atoms with Crippen molar-refractivity contribution in [1.82, 2.24) is 0 Å². The van der Waals surface area contributed by atoms with Crippen molar-refractivity contribution in [2.45, 2.75) is 38.8 Å². The molecule has 0 aliphatic rings. The summed E-state index contributed by atoms with van der Waals surface area (Å²) >= 11 is 0. The van der Waals surface area contributed by atoms with E-state index in [2.05, 4.69) is 10.7 Å². The number of carbonyl (C=O) groups excluding carboxylic acids is 2. The van der Waals surface area contributed by atoms with E-state index in [0.29, 0.717) is 19.4 Å². The molecule has 7 heteroatoms. The molecule has 0 fully saturated rings. The summed E-state index contributed by atoms with van der Waals surface area (Å²) in [5.41, 5.74) is 14.2. The normalized spacial score (nSPS) is 13.6. The highest BCUT2D eigenvalue weighted by Crippen LogP contribution is 2.05. The number of nitrogens with one attached hydrogen (secondary N) is 1. The van der Waals surface area contributed by atoms with E-state index >= 15 is 0 Å². The molecule has 2 atom stereocenters. The average Bonchev–Trinajstić information content (AvgIpc) is 2.20. The minimum absolute atomic E-state index is 0.103. The summed E-state index contributed by atoms with van der Waals surface area (Å²) in [6.07, 6.45) is 0.716. The van der Waals surface area contributed by atoms with Crippen LogP contribution in [0.25, 0.3) is 0 Å². The van der Waals surface area contributed by atoms with Crippen LogP contribution in [-0.2, 0) is 14.3 Å². The van der Waals surface area contributed by atoms with Crippen LogP contribution in [0.3, 0.4) is 0 Å². The van der Waals surface area contributed by atoms with Crippen LogP contribution in [0.1, 0.15) is 26.7 Å². The molecule has 17 heavy (non-hydrogen) atoms. The number of ketones is 1. The van der Waals surface area contributed by atoms with E-state index < -0.39 is 18.1 Å². The zero-order valence-corrected chi connectivity index (χ0v) is 10.4. The Labute approximate surface area is 100 Å². The Balaban J connectivity index is 4.24. The highest BCUT2D eigenvalue weighted by molar-refractivity contribution is 5.80. The Morgan fingerprint density at radius 1 is 1.35 bits per heavy atom. The summed E-state index contributed by atoms with van der Waals surface area (Å²) in [4.78, 5) is 24.8. The molecule has 0 rings (SSSR count). The van der Waals surface area contributed by atoms with Gasteiger partial charge in [-0.1, -0.05) is 0 Å². The Morgan fingerprint density at radius 3 is 2.35 bits per heavy atom. The smallest absolute Gasteiger partial charge is 0.338 e. The van der Waals surface area contributed by atoms with Gasteiger partial charge in [0.25, 0.3) is 0 Å². The van der Waals surface area contributed by atoms with Crippen LogP contribution in [-0.4, -0.2) is 36.4 Å². The number of carbonyl (C=O) groups is 2. The Kier molecular flexibility index (Phi) is 6.88. The zero-order chi connectivity index (χ0) is 13.4. The monoisotopic (exact) mass is 246 g/mol. The van der Waals surface area contributed by atoms with Crippen molar-refractivity contribution >= 4 is 17.7 Å². The fraction of sp³-hybridized carbons (Fsp3) is 0.700. The largest absolute Gasteiger partial charge is 0.456 e. The molecule has 8 N–H and O–H groups in total. The fourth-order valence-electron chi connectivity index (χ4n) is 1.35. The maximum Gasteiger partial charge on any atom is 0.338 e. The molecule has 0 aliphatic carbocycles. The van der Waals surface area contributed by atoms with E-state index in [1.165, 1.54) is 13.8 Å². The average molecular weight is 246 g/mol. The van der Waals surface area contributed by atoms with E-state index in [1.807, 2.05) is 0 Å². The fourth-order valence-corrected chi connectivity index (χ4v) is 1.35. The summed E-state index contributed by atoms with van der Waals surface area (Å²) in [5, 5.41) is 0. The van der Waals surface area contributed by atoms with E-state index in [4.69, 9.17) is 16.2 Å². The molecule has 0 aliphatic heterocycles. The number of ether oxygens (including phenoxy) is 1. The predicted octanol–water partition coefficient (Wildman–Crippen LogP) is -3.75. The highest BCUT2D eigenvalue weighted by atomic mass is 16.5. The molecule has 0 bridgehead atoms. The molecular formula is C10H22N4O3+2. The minimum atomic E-state index is -0.543. The molecule has 0 aromatic carbocycles. The summed E-state index contributed by atoms with van der Waals surface area (Å²) in [5.74, 6) is -0.372. The molecular weight excluding hydrogens is 224 g/mol. The standard InChI is InChI=1S/C10H20N4O3/c1-6(15)9(11)8(17-7(2)16)4-3-5-14-10(12)13/h8-9H,3-5,11H2,1-2H3,(H4,12,13,14)/p+2. The van der Waals surface area contributed by atoms with Gasteiger partial charge in [-0.05, 0) is 12.8 Å². The highest BCUT2D eigenvalue weighted by Gasteiger charge is 2.27. The second kappa shape index (κ2) is 7.61. The summed E-state index contributed by atoms with van der Waals surface area (Å²) in [6, 6.07) is -0.543. The maximum atomic E-state index is 11.2. The molecule has 0 aromatic heterocycles. The van der Waals surface area contributed by atoms with Gasteiger partial charge in [-0.25, -0.2) is 0 Å². The quantitative estimate of drug-likeness (QED) is 0.158. The van der Waals surface area contributed by atoms with Crippen molar-refractivity contribution in [3.8, 4) is 0 Å². The molecule has 0 spiro atoms. The third kappa shape index (κ3) is 7.29. The van der Waals surface area contributed by atoms with Crippen LogP contribution in [0.4, 0.5) is 0 Å². The van der Waals surface area contributed by atoms with Gasteiger partial charge in [0.05, 0.1) is 6.54 Å². The molecule has 0 heterocycles. The van der Waals surface area contributed by atoms with Crippen LogP contribution in [0.15, 0.2) is 0 Å². The summed E-state index contributed by atoms with van der Waals surface area (Å²) in [6.45, 7) is 3.30. The molecule has 0 saturated carbocycles. The van der Waals surface area contributed by atoms with Crippen molar-refractivity contribution in [2.24, 2.45) is 11.5 Å². The van der Waals surface area contributed by atoms with Gasteiger partial charge in [0.15, 0.2) is 17.9 Å². The third-order valence-electron chi connectivity index (χ3n) is 2.28. The van der Waals surface area contributed by atoms with Gasteiger partial charge in [-0.3, -0.25) is 26.0 Å². The lowest BCUT2D eigenvalue weighted by Crippen LogP contribution is -2.78. The van der Waals surface area contributed by atoms with Gasteiger partial charge in [0.2, 0.25) is 0 Å². The van der Waals surface area contributed by atoms with Crippen molar-refractivity contribution < 1.29 is 25.1 Å². The lowest BCUT2D eigenvalue weighted by Gasteiger charge is -2.18. The molecule has 0 aromatic rings. The van der Waals surface area contributed by atoms with Crippen LogP contribution in [0.5, 0.6) is 0 Å². The maximum absolute atomic E-state index is 11.2. The Bertz CT molecular complexity index is 300. The number of rotatable bonds is 7. The van der Waals surface area contributed by atoms with Crippen molar-refractivity contribution in [3.63, 3.8) is 0 Å². The van der Waals surface area contributed by atoms with Gasteiger partial charge < -0.3 is 10.5 Å². The van der Waals surface area contributed by atoms with E-state index in [9.17, 15) is 9.59 Å². The summed E-state index contributed by atoms with van der Waals surface area (Å²) in [7, 11) is 0. The number of guanidine groups is 1. The van der Waals surface area contributed by atoms with Gasteiger partial charge in [-0.15, -0.1) is 0 Å². The van der Waals surface area contributed by atoms with E-state index in [0.717, 1.165) is 0 Å². The first-order valence-electron chi connectivity index (χ1n) is 5.47. The van der Waals surface area contributed by atoms with Gasteiger partial charge in [0, 0.05) is 13.8 Å². The minimum Gasteiger partial charge on any atom is -0.456 e. The molecule has 7 nitrogen and oxygen atoms in total. The van der Waals surface area contributed by atoms with Crippen LogP contribution in [0, 0.1) is 0 Å². The lowest BCUT2D eigenvalue weighted by molar-refractivity contribution is -0.461. The first-order chi connectivity index (χ1) is 7.84. The first kappa shape index (κ1) is 15.4. The van der Waals surface area contributed by atoms with Crippen molar-refractivity contribution in [3.05, 3.63) is 0 Å². The SMILES string of the molecule is CC(=O)OC(CCC[NH+]=C(N)N)C([NH3+])C(C)=O. The lowest BCUT2D eigenvalue weighted by atomic mass is 10.0. The second-order valence-corrected chi connectivity index (χ2v) is 3.89. The zero-order valence-electron chi connectivity index (χ0n) is 10.4. The van der Waals surface area contributed by atoms with Gasteiger partial charge in [-0.2, -0.15) is 0 Å². The summed E-state index contributed by atoms with van der Waals surface area (Å²) < 4.78 is 5.06. The number of quaternary nitrogens is 1. The van der Waals surface area contributed by atoms with Crippen molar-refractivity contribution in [2.75, 3.05) is 6.54 Å². The van der Waals surface area contributed by atoms with Crippen LogP contribution >= 0.6 is 0 Å². The molecule has 2 unspecified atom stereocenters. The second-order valence-electron chi connectivity index (χ2n) is 3.89.